The maximum absolute atomic E-state index is 12.6. The van der Waals surface area contributed by atoms with Crippen LogP contribution in [0.4, 0.5) is 5.69 Å². The van der Waals surface area contributed by atoms with Gasteiger partial charge in [-0.05, 0) is 92.2 Å². The second-order valence-electron chi connectivity index (χ2n) is 13.3. The summed E-state index contributed by atoms with van der Waals surface area (Å²) >= 11 is 0. The minimum atomic E-state index is -1.12. The van der Waals surface area contributed by atoms with Crippen LogP contribution in [0.5, 0.6) is 5.75 Å². The second-order valence-corrected chi connectivity index (χ2v) is 13.3. The molecule has 3 fully saturated rings. The molecule has 0 saturated heterocycles. The Bertz CT molecular complexity index is 1450. The number of allylic oxidation sites excluding steroid dienone is 2. The largest absolute Gasteiger partial charge is 0.502 e. The van der Waals surface area contributed by atoms with Gasteiger partial charge in [0.2, 0.25) is 0 Å². The van der Waals surface area contributed by atoms with Crippen molar-refractivity contribution in [3.05, 3.63) is 45.5 Å². The molecule has 3 saturated carbocycles. The first-order chi connectivity index (χ1) is 20.8. The van der Waals surface area contributed by atoms with Crippen molar-refractivity contribution in [1.29, 1.82) is 0 Å². The third-order valence-electron chi connectivity index (χ3n) is 11.2. The first kappa shape index (κ1) is 31.5. The molecule has 4 aliphatic rings. The Morgan fingerprint density at radius 3 is 2.66 bits per heavy atom. The Morgan fingerprint density at radius 2 is 1.95 bits per heavy atom. The van der Waals surface area contributed by atoms with E-state index >= 15 is 0 Å². The van der Waals surface area contributed by atoms with Crippen LogP contribution < -0.4 is 5.32 Å². The van der Waals surface area contributed by atoms with Gasteiger partial charge in [-0.1, -0.05) is 36.6 Å². The molecule has 7 atom stereocenters. The van der Waals surface area contributed by atoms with Crippen LogP contribution in [0, 0.1) is 51.0 Å². The highest BCUT2D eigenvalue weighted by molar-refractivity contribution is 5.96. The van der Waals surface area contributed by atoms with Crippen LogP contribution in [-0.4, -0.2) is 58.1 Å². The van der Waals surface area contributed by atoms with E-state index in [1.165, 1.54) is 18.7 Å². The van der Waals surface area contributed by atoms with E-state index in [9.17, 15) is 29.9 Å². The lowest BCUT2D eigenvalue weighted by molar-refractivity contribution is -0.385. The van der Waals surface area contributed by atoms with Crippen LogP contribution >= 0.6 is 0 Å². The van der Waals surface area contributed by atoms with E-state index in [4.69, 9.17) is 16.0 Å². The number of esters is 1. The second kappa shape index (κ2) is 11.9. The number of nitro benzene ring substituents is 1. The molecule has 3 N–H and O–H groups in total. The van der Waals surface area contributed by atoms with E-state index in [2.05, 4.69) is 36.3 Å². The highest BCUT2D eigenvalue weighted by Crippen LogP contribution is 2.67. The molecular formula is C33H41N3O8. The third kappa shape index (κ3) is 5.45. The topological polar surface area (TPSA) is 161 Å². The van der Waals surface area contributed by atoms with Crippen LogP contribution in [0.3, 0.4) is 0 Å². The van der Waals surface area contributed by atoms with Gasteiger partial charge in [0.1, 0.15) is 11.6 Å². The van der Waals surface area contributed by atoms with E-state index in [0.29, 0.717) is 36.2 Å². The molecule has 0 radical (unpaired) electrons. The van der Waals surface area contributed by atoms with E-state index in [0.717, 1.165) is 56.4 Å². The molecule has 0 heterocycles. The number of ether oxygens (including phenoxy) is 1. The van der Waals surface area contributed by atoms with Gasteiger partial charge in [-0.25, -0.2) is 4.79 Å². The number of carbonyl (C=O) groups excluding carboxylic acids is 2. The summed E-state index contributed by atoms with van der Waals surface area (Å²) in [5, 5.41) is 38.9. The molecule has 1 aromatic rings. The van der Waals surface area contributed by atoms with Gasteiger partial charge in [-0.2, -0.15) is 0 Å². The summed E-state index contributed by atoms with van der Waals surface area (Å²) in [6.07, 6.45) is 15.1. The van der Waals surface area contributed by atoms with Crippen LogP contribution in [0.15, 0.2) is 35.0 Å². The number of phenolic OH excluding ortho intramolecular Hbond substituents is 1. The van der Waals surface area contributed by atoms with Crippen molar-refractivity contribution in [2.45, 2.75) is 83.3 Å². The lowest BCUT2D eigenvalue weighted by atomic mass is 9.46. The number of benzene rings is 1. The van der Waals surface area contributed by atoms with Crippen LogP contribution in [0.25, 0.3) is 0 Å². The summed E-state index contributed by atoms with van der Waals surface area (Å²) in [4.78, 5) is 40.8. The van der Waals surface area contributed by atoms with Crippen molar-refractivity contribution in [3.8, 4) is 18.1 Å². The highest BCUT2D eigenvalue weighted by Gasteiger charge is 2.63. The van der Waals surface area contributed by atoms with Crippen molar-refractivity contribution in [3.63, 3.8) is 0 Å². The predicted molar refractivity (Wildman–Crippen MR) is 161 cm³/mol. The number of hydrogen-bond acceptors (Lipinski definition) is 9. The minimum absolute atomic E-state index is 0.0501. The van der Waals surface area contributed by atoms with Gasteiger partial charge < -0.3 is 25.1 Å². The van der Waals surface area contributed by atoms with Gasteiger partial charge in [0.25, 0.3) is 5.91 Å². The Balaban J connectivity index is 1.20. The highest BCUT2D eigenvalue weighted by atomic mass is 16.6. The van der Waals surface area contributed by atoms with Gasteiger partial charge in [-0.3, -0.25) is 14.9 Å². The lowest BCUT2D eigenvalue weighted by Gasteiger charge is -2.58. The van der Waals surface area contributed by atoms with E-state index in [1.807, 2.05) is 0 Å². The van der Waals surface area contributed by atoms with Gasteiger partial charge in [-0.15, -0.1) is 6.42 Å². The molecule has 1 aromatic carbocycles. The number of aliphatic hydroxyl groups is 1. The smallest absolute Gasteiger partial charge is 0.328 e. The number of phenols is 1. The molecule has 0 spiro atoms. The fraction of sp³-hybridized carbons (Fsp3) is 0.606. The molecular weight excluding hydrogens is 566 g/mol. The maximum Gasteiger partial charge on any atom is 0.328 e. The third-order valence-corrected chi connectivity index (χ3v) is 11.2. The van der Waals surface area contributed by atoms with Crippen LogP contribution in [0.1, 0.15) is 70.8 Å². The molecule has 236 valence electrons. The van der Waals surface area contributed by atoms with Crippen LogP contribution in [0.2, 0.25) is 0 Å². The van der Waals surface area contributed by atoms with Crippen molar-refractivity contribution >= 4 is 23.3 Å². The number of fused-ring (bicyclic) bond motifs is 5. The zero-order valence-electron chi connectivity index (χ0n) is 25.5. The lowest BCUT2D eigenvalue weighted by Crippen LogP contribution is -2.54. The van der Waals surface area contributed by atoms with E-state index in [1.54, 1.807) is 0 Å². The number of rotatable bonds is 8. The number of nitrogens with one attached hydrogen (secondary N) is 1. The summed E-state index contributed by atoms with van der Waals surface area (Å²) in [5.74, 6) is 2.41. The molecule has 0 bridgehead atoms. The zero-order chi connectivity index (χ0) is 31.9. The number of nitro groups is 1. The molecule has 5 rings (SSSR count). The Kier molecular flexibility index (Phi) is 8.51. The fourth-order valence-electron chi connectivity index (χ4n) is 8.72. The Labute approximate surface area is 257 Å². The monoisotopic (exact) mass is 607 g/mol. The first-order valence-corrected chi connectivity index (χ1v) is 15.3. The van der Waals surface area contributed by atoms with Gasteiger partial charge >= 0.3 is 11.7 Å². The molecule has 1 amide bonds. The van der Waals surface area contributed by atoms with Crippen molar-refractivity contribution in [2.24, 2.45) is 33.7 Å². The van der Waals surface area contributed by atoms with Gasteiger partial charge in [0.15, 0.2) is 12.4 Å². The number of hydrogen-bond donors (Lipinski definition) is 3. The molecule has 11 heteroatoms. The number of methoxy groups -OCH3 is 1. The van der Waals surface area contributed by atoms with Crippen molar-refractivity contribution in [1.82, 2.24) is 5.32 Å². The number of oxime groups is 1. The summed E-state index contributed by atoms with van der Waals surface area (Å²) in [6, 6.07) is 2.63. The molecule has 4 aliphatic carbocycles. The Hall–Kier alpha value is -3.91. The van der Waals surface area contributed by atoms with E-state index < -0.39 is 46.5 Å². The molecule has 44 heavy (non-hydrogen) atoms. The normalized spacial score (nSPS) is 33.9. The summed E-state index contributed by atoms with van der Waals surface area (Å²) in [7, 11) is 1.18. The molecule has 11 nitrogen and oxygen atoms in total. The quantitative estimate of drug-likeness (QED) is 0.172. The maximum atomic E-state index is 12.6. The summed E-state index contributed by atoms with van der Waals surface area (Å²) < 4.78 is 4.79. The average Bonchev–Trinajstić information content (AvgIpc) is 3.27. The number of amides is 1. The molecule has 0 aliphatic heterocycles. The van der Waals surface area contributed by atoms with Crippen LogP contribution in [-0.2, 0) is 25.6 Å². The molecule has 0 aromatic heterocycles. The van der Waals surface area contributed by atoms with Gasteiger partial charge in [0, 0.05) is 17.9 Å². The minimum Gasteiger partial charge on any atom is -0.502 e. The number of aromatic hydroxyl groups is 1. The zero-order valence-corrected chi connectivity index (χ0v) is 25.5. The number of carbonyl (C=O) groups is 2. The predicted octanol–water partition coefficient (Wildman–Crippen LogP) is 4.20. The summed E-state index contributed by atoms with van der Waals surface area (Å²) in [5.41, 5.74) is 0.796. The molecule has 0 unspecified atom stereocenters. The fourth-order valence-corrected chi connectivity index (χ4v) is 8.72. The summed E-state index contributed by atoms with van der Waals surface area (Å²) in [6.45, 7) is 4.14. The van der Waals surface area contributed by atoms with Gasteiger partial charge in [0.05, 0.1) is 17.7 Å². The van der Waals surface area contributed by atoms with Crippen molar-refractivity contribution < 1.29 is 34.3 Å². The Morgan fingerprint density at radius 1 is 1.20 bits per heavy atom. The standard InChI is InChI=1S/C33H41N3O8/c1-5-33(40)15-12-25-23-8-7-21-18-22(10-13-31(21,2)24(23)11-14-32(25,33)3)35-44-19-29(38)34-26(30(39)43-4)16-20-6-9-28(37)27(17-20)36(41)42/h1,6,9,17-18,23-26,37,40H,7-8,10-16,19H2,2-4H3,(H,34,38)/b35-22+/t23-,24+,25+,26-,31+,32+,33-/m1/s1. The van der Waals surface area contributed by atoms with E-state index in [-0.39, 0.29) is 17.3 Å². The number of terminal acetylenes is 1. The SMILES string of the molecule is C#C[C@@]1(O)CC[C@H]2[C@@H]3CCC4=C/C(=N/OCC(=O)N[C@H](Cc5ccc(O)c([N+](=O)[O-])c5)C(=O)OC)CC[C@]4(C)[C@H]3CC[C@@]21C. The first-order valence-electron chi connectivity index (χ1n) is 15.3. The number of nitrogens with zero attached hydrogens (tertiary/aromatic N) is 2. The average molecular weight is 608 g/mol. The van der Waals surface area contributed by atoms with Crippen molar-refractivity contribution in [2.75, 3.05) is 13.7 Å².